The smallest absolute Gasteiger partial charge is 0.344 e. The minimum absolute atomic E-state index is 0.322. The van der Waals surface area contributed by atoms with Crippen LogP contribution in [0.4, 0.5) is 5.69 Å². The Labute approximate surface area is 159 Å². The van der Waals surface area contributed by atoms with Gasteiger partial charge in [-0.05, 0) is 48.9 Å². The van der Waals surface area contributed by atoms with Crippen molar-refractivity contribution in [3.63, 3.8) is 0 Å². The van der Waals surface area contributed by atoms with Crippen LogP contribution in [0.25, 0.3) is 0 Å². The molecular weight excluding hydrogens is 389 g/mol. The Bertz CT molecular complexity index is 775. The molecule has 2 rings (SSSR count). The number of hydrogen-bond acceptors (Lipinski definition) is 4. The van der Waals surface area contributed by atoms with Crippen LogP contribution in [0.3, 0.4) is 0 Å². The Morgan fingerprint density at radius 1 is 1.00 bits per heavy atom. The highest BCUT2D eigenvalue weighted by atomic mass is 35.5. The van der Waals surface area contributed by atoms with Gasteiger partial charge in [0.2, 0.25) is 0 Å². The zero-order valence-electron chi connectivity index (χ0n) is 13.1. The number of anilines is 1. The third-order valence-corrected chi connectivity index (χ3v) is 3.86. The second kappa shape index (κ2) is 8.94. The van der Waals surface area contributed by atoms with E-state index in [4.69, 9.17) is 44.3 Å². The molecule has 2 aromatic rings. The first-order valence-electron chi connectivity index (χ1n) is 7.14. The number of hydrogen-bond donors (Lipinski definition) is 1. The topological polar surface area (TPSA) is 64.6 Å². The van der Waals surface area contributed by atoms with Crippen molar-refractivity contribution < 1.29 is 19.1 Å². The van der Waals surface area contributed by atoms with Gasteiger partial charge in [-0.25, -0.2) is 4.79 Å². The van der Waals surface area contributed by atoms with Crippen LogP contribution in [0.15, 0.2) is 36.4 Å². The van der Waals surface area contributed by atoms with Gasteiger partial charge < -0.3 is 14.8 Å². The van der Waals surface area contributed by atoms with Crippen molar-refractivity contribution in [2.45, 2.75) is 6.92 Å². The van der Waals surface area contributed by atoms with E-state index in [2.05, 4.69) is 5.32 Å². The average molecular weight is 403 g/mol. The fourth-order valence-electron chi connectivity index (χ4n) is 1.86. The van der Waals surface area contributed by atoms with E-state index in [0.29, 0.717) is 26.5 Å². The number of halogens is 3. The molecule has 25 heavy (non-hydrogen) atoms. The predicted molar refractivity (Wildman–Crippen MR) is 97.7 cm³/mol. The molecule has 5 nitrogen and oxygen atoms in total. The highest BCUT2D eigenvalue weighted by Crippen LogP contribution is 2.22. The lowest BCUT2D eigenvalue weighted by Gasteiger charge is -2.09. The third kappa shape index (κ3) is 6.46. The summed E-state index contributed by atoms with van der Waals surface area (Å²) in [5, 5.41) is 3.89. The molecule has 0 unspecified atom stereocenters. The maximum atomic E-state index is 11.8. The zero-order valence-corrected chi connectivity index (χ0v) is 15.4. The number of amides is 1. The van der Waals surface area contributed by atoms with Gasteiger partial charge in [-0.2, -0.15) is 0 Å². The quantitative estimate of drug-likeness (QED) is 0.722. The van der Waals surface area contributed by atoms with E-state index < -0.39 is 18.5 Å². The molecule has 0 saturated carbocycles. The van der Waals surface area contributed by atoms with Gasteiger partial charge in [-0.1, -0.05) is 34.8 Å². The lowest BCUT2D eigenvalue weighted by Crippen LogP contribution is -2.23. The molecule has 0 saturated heterocycles. The van der Waals surface area contributed by atoms with Crippen molar-refractivity contribution in [3.05, 3.63) is 57.0 Å². The summed E-state index contributed by atoms with van der Waals surface area (Å²) in [5.41, 5.74) is 1.23. The first-order chi connectivity index (χ1) is 11.8. The minimum atomic E-state index is -0.674. The molecule has 0 heterocycles. The maximum absolute atomic E-state index is 11.8. The van der Waals surface area contributed by atoms with Crippen molar-refractivity contribution in [2.24, 2.45) is 0 Å². The maximum Gasteiger partial charge on any atom is 0.344 e. The summed E-state index contributed by atoms with van der Waals surface area (Å²) >= 11 is 17.6. The highest BCUT2D eigenvalue weighted by molar-refractivity contribution is 6.35. The summed E-state index contributed by atoms with van der Waals surface area (Å²) in [6.07, 6.45) is 0. The minimum Gasteiger partial charge on any atom is -0.482 e. The van der Waals surface area contributed by atoms with Gasteiger partial charge in [-0.15, -0.1) is 0 Å². The van der Waals surface area contributed by atoms with Gasteiger partial charge in [0.05, 0.1) is 0 Å². The van der Waals surface area contributed by atoms with Crippen molar-refractivity contribution >= 4 is 52.4 Å². The molecule has 0 atom stereocenters. The van der Waals surface area contributed by atoms with Crippen LogP contribution >= 0.6 is 34.8 Å². The van der Waals surface area contributed by atoms with Crippen molar-refractivity contribution in [1.29, 1.82) is 0 Å². The van der Waals surface area contributed by atoms with Gasteiger partial charge in [0.25, 0.3) is 5.91 Å². The highest BCUT2D eigenvalue weighted by Gasteiger charge is 2.10. The van der Waals surface area contributed by atoms with Crippen LogP contribution < -0.4 is 10.1 Å². The summed E-state index contributed by atoms with van der Waals surface area (Å²) in [6, 6.07) is 9.59. The Morgan fingerprint density at radius 2 is 1.68 bits per heavy atom. The van der Waals surface area contributed by atoms with Crippen LogP contribution in [0.2, 0.25) is 15.1 Å². The molecule has 132 valence electrons. The van der Waals surface area contributed by atoms with Gasteiger partial charge in [0, 0.05) is 20.8 Å². The van der Waals surface area contributed by atoms with E-state index in [-0.39, 0.29) is 6.61 Å². The lowest BCUT2D eigenvalue weighted by atomic mass is 10.2. The van der Waals surface area contributed by atoms with E-state index in [9.17, 15) is 9.59 Å². The van der Waals surface area contributed by atoms with Crippen LogP contribution in [-0.4, -0.2) is 25.1 Å². The molecule has 0 radical (unpaired) electrons. The molecular formula is C17H14Cl3NO4. The SMILES string of the molecule is Cc1cc(OCC(=O)OCC(=O)Nc2cc(Cl)cc(Cl)c2)ccc1Cl. The Kier molecular flexibility index (Phi) is 6.93. The predicted octanol–water partition coefficient (Wildman–Crippen LogP) is 4.52. The second-order valence-electron chi connectivity index (χ2n) is 5.07. The van der Waals surface area contributed by atoms with Crippen LogP contribution in [0.5, 0.6) is 5.75 Å². The lowest BCUT2D eigenvalue weighted by molar-refractivity contribution is -0.149. The Morgan fingerprint density at radius 3 is 2.32 bits per heavy atom. The van der Waals surface area contributed by atoms with Crippen LogP contribution in [0.1, 0.15) is 5.56 Å². The van der Waals surface area contributed by atoms with E-state index in [1.54, 1.807) is 18.2 Å². The normalized spacial score (nSPS) is 10.2. The molecule has 2 aromatic carbocycles. The van der Waals surface area contributed by atoms with E-state index >= 15 is 0 Å². The number of benzene rings is 2. The second-order valence-corrected chi connectivity index (χ2v) is 6.35. The van der Waals surface area contributed by atoms with Gasteiger partial charge in [-0.3, -0.25) is 4.79 Å². The fraction of sp³-hybridized carbons (Fsp3) is 0.176. The molecule has 0 bridgehead atoms. The molecule has 1 amide bonds. The Balaban J connectivity index is 1.77. The fourth-order valence-corrected chi connectivity index (χ4v) is 2.50. The number of aryl methyl sites for hydroxylation is 1. The van der Waals surface area contributed by atoms with E-state index in [0.717, 1.165) is 5.56 Å². The van der Waals surface area contributed by atoms with E-state index in [1.807, 2.05) is 6.92 Å². The molecule has 8 heteroatoms. The largest absolute Gasteiger partial charge is 0.482 e. The zero-order chi connectivity index (χ0) is 18.4. The van der Waals surface area contributed by atoms with Crippen molar-refractivity contribution in [1.82, 2.24) is 0 Å². The monoisotopic (exact) mass is 401 g/mol. The standard InChI is InChI=1S/C17H14Cl3NO4/c1-10-4-14(2-3-15(10)20)24-9-17(23)25-8-16(22)21-13-6-11(18)5-12(19)7-13/h2-7H,8-9H2,1H3,(H,21,22). The average Bonchev–Trinajstić information content (AvgIpc) is 2.53. The summed E-state index contributed by atoms with van der Waals surface area (Å²) in [6.45, 7) is 1.04. The number of carbonyl (C=O) groups excluding carboxylic acids is 2. The summed E-state index contributed by atoms with van der Waals surface area (Å²) < 4.78 is 10.1. The first kappa shape index (κ1) is 19.4. The molecule has 0 aliphatic rings. The van der Waals surface area contributed by atoms with E-state index in [1.165, 1.54) is 18.2 Å². The number of nitrogens with one attached hydrogen (secondary N) is 1. The molecule has 0 spiro atoms. The molecule has 1 N–H and O–H groups in total. The number of rotatable bonds is 6. The number of carbonyl (C=O) groups is 2. The van der Waals surface area contributed by atoms with Crippen LogP contribution in [-0.2, 0) is 14.3 Å². The van der Waals surface area contributed by atoms with Crippen molar-refractivity contribution in [3.8, 4) is 5.75 Å². The molecule has 0 aliphatic heterocycles. The number of ether oxygens (including phenoxy) is 2. The van der Waals surface area contributed by atoms with Crippen molar-refractivity contribution in [2.75, 3.05) is 18.5 Å². The van der Waals surface area contributed by atoms with Gasteiger partial charge in [0.15, 0.2) is 13.2 Å². The first-order valence-corrected chi connectivity index (χ1v) is 8.27. The number of esters is 1. The third-order valence-electron chi connectivity index (χ3n) is 3.00. The Hall–Kier alpha value is -1.95. The van der Waals surface area contributed by atoms with Gasteiger partial charge in [0.1, 0.15) is 5.75 Å². The van der Waals surface area contributed by atoms with Gasteiger partial charge >= 0.3 is 5.97 Å². The molecule has 0 aromatic heterocycles. The molecule has 0 aliphatic carbocycles. The summed E-state index contributed by atoms with van der Waals surface area (Å²) in [4.78, 5) is 23.4. The van der Waals surface area contributed by atoms with Crippen LogP contribution in [0, 0.1) is 6.92 Å². The molecule has 0 fully saturated rings. The summed E-state index contributed by atoms with van der Waals surface area (Å²) in [5.74, 6) is -0.710. The summed E-state index contributed by atoms with van der Waals surface area (Å²) in [7, 11) is 0.